The van der Waals surface area contributed by atoms with E-state index in [1.807, 2.05) is 13.8 Å². The molecule has 2 unspecified atom stereocenters. The first-order chi connectivity index (χ1) is 3.66. The molecule has 8 heavy (non-hydrogen) atoms. The average molecular weight is 114 g/mol. The molecule has 2 N–H and O–H groups in total. The topological polar surface area (TPSA) is 38.4 Å². The van der Waals surface area contributed by atoms with Crippen molar-refractivity contribution in [2.45, 2.75) is 32.4 Å². The van der Waals surface area contributed by atoms with Crippen LogP contribution in [0, 0.1) is 0 Å². The van der Waals surface area contributed by atoms with E-state index in [0.717, 1.165) is 6.42 Å². The van der Waals surface area contributed by atoms with Crippen molar-refractivity contribution in [1.82, 2.24) is 0 Å². The highest BCUT2D eigenvalue weighted by Gasteiger charge is 1.99. The Kier molecular flexibility index (Phi) is 3.44. The quantitative estimate of drug-likeness (QED) is 0.542. The fourth-order valence-corrected chi connectivity index (χ4v) is 0.613. The maximum Gasteiger partial charge on any atom is 0.0478 e. The molecule has 0 heterocycles. The lowest BCUT2D eigenvalue weighted by atomic mass is 10.1. The fourth-order valence-electron chi connectivity index (χ4n) is 0.613. The number of nitrogens with two attached hydrogens (primary N) is 1. The lowest BCUT2D eigenvalue weighted by Crippen LogP contribution is -2.19. The molecule has 0 saturated heterocycles. The smallest absolute Gasteiger partial charge is 0.0478 e. The second-order valence-corrected chi connectivity index (χ2v) is 2.24. The molecule has 0 aromatic rings. The van der Waals surface area contributed by atoms with Crippen LogP contribution in [0.4, 0.5) is 0 Å². The van der Waals surface area contributed by atoms with Crippen molar-refractivity contribution in [2.75, 3.05) is 0 Å². The van der Waals surface area contributed by atoms with Gasteiger partial charge in [-0.05, 0) is 27.0 Å². The van der Waals surface area contributed by atoms with Crippen LogP contribution >= 0.6 is 0 Å². The Bertz CT molecular complexity index is 68.9. The molecule has 0 aliphatic carbocycles. The van der Waals surface area contributed by atoms with E-state index in [0.29, 0.717) is 6.04 Å². The summed E-state index contributed by atoms with van der Waals surface area (Å²) in [7, 11) is 0. The van der Waals surface area contributed by atoms with E-state index in [-0.39, 0.29) is 6.04 Å². The Morgan fingerprint density at radius 1 is 1.62 bits per heavy atom. The van der Waals surface area contributed by atoms with Crippen LogP contribution in [0.2, 0.25) is 0 Å². The summed E-state index contributed by atoms with van der Waals surface area (Å²) in [6, 6.07) is 0.561. The van der Waals surface area contributed by atoms with Gasteiger partial charge >= 0.3 is 0 Å². The van der Waals surface area contributed by atoms with Crippen LogP contribution in [0.5, 0.6) is 0 Å². The Hall–Kier alpha value is -0.370. The summed E-state index contributed by atoms with van der Waals surface area (Å²) in [5.41, 5.74) is 5.48. The minimum atomic E-state index is 0.246. The number of nitrogens with zero attached hydrogens (tertiary/aromatic N) is 1. The summed E-state index contributed by atoms with van der Waals surface area (Å²) in [5, 5.41) is 0. The van der Waals surface area contributed by atoms with Crippen LogP contribution in [0.15, 0.2) is 4.99 Å². The third-order valence-electron chi connectivity index (χ3n) is 1.02. The van der Waals surface area contributed by atoms with E-state index in [4.69, 9.17) is 5.73 Å². The second-order valence-electron chi connectivity index (χ2n) is 2.24. The van der Waals surface area contributed by atoms with Gasteiger partial charge in [-0.1, -0.05) is 0 Å². The average Bonchev–Trinajstić information content (AvgIpc) is 1.65. The van der Waals surface area contributed by atoms with Crippen LogP contribution in [0.25, 0.3) is 0 Å². The van der Waals surface area contributed by atoms with Gasteiger partial charge in [0, 0.05) is 12.1 Å². The SMILES string of the molecule is C=NC(C)CC(C)N. The summed E-state index contributed by atoms with van der Waals surface area (Å²) >= 11 is 0. The lowest BCUT2D eigenvalue weighted by molar-refractivity contribution is 0.584. The van der Waals surface area contributed by atoms with Crippen molar-refractivity contribution in [3.8, 4) is 0 Å². The molecule has 0 amide bonds. The normalized spacial score (nSPS) is 17.4. The van der Waals surface area contributed by atoms with Crippen LogP contribution < -0.4 is 5.73 Å². The molecule has 0 rings (SSSR count). The third-order valence-corrected chi connectivity index (χ3v) is 1.02. The van der Waals surface area contributed by atoms with Crippen LogP contribution in [0.3, 0.4) is 0 Å². The monoisotopic (exact) mass is 114 g/mol. The minimum absolute atomic E-state index is 0.246. The van der Waals surface area contributed by atoms with E-state index in [9.17, 15) is 0 Å². The van der Waals surface area contributed by atoms with Gasteiger partial charge in [0.1, 0.15) is 0 Å². The zero-order chi connectivity index (χ0) is 6.57. The standard InChI is InChI=1S/C6H14N2/c1-5(7)4-6(2)8-3/h5-6H,3-4,7H2,1-2H3. The van der Waals surface area contributed by atoms with E-state index >= 15 is 0 Å². The van der Waals surface area contributed by atoms with Gasteiger partial charge in [-0.2, -0.15) is 0 Å². The third kappa shape index (κ3) is 3.81. The summed E-state index contributed by atoms with van der Waals surface area (Å²) in [6.07, 6.45) is 0.934. The maximum atomic E-state index is 5.48. The maximum absolute atomic E-state index is 5.48. The highest BCUT2D eigenvalue weighted by Crippen LogP contribution is 1.96. The molecule has 0 aliphatic heterocycles. The van der Waals surface area contributed by atoms with Crippen molar-refractivity contribution in [3.63, 3.8) is 0 Å². The molecular formula is C6H14N2. The molecule has 0 bridgehead atoms. The summed E-state index contributed by atoms with van der Waals surface area (Å²) in [4.78, 5) is 3.80. The Morgan fingerprint density at radius 2 is 2.12 bits per heavy atom. The van der Waals surface area contributed by atoms with E-state index < -0.39 is 0 Å². The largest absolute Gasteiger partial charge is 0.328 e. The number of rotatable bonds is 3. The summed E-state index contributed by atoms with van der Waals surface area (Å²) in [6.45, 7) is 7.39. The molecule has 0 saturated carbocycles. The first-order valence-corrected chi connectivity index (χ1v) is 2.88. The van der Waals surface area contributed by atoms with Crippen molar-refractivity contribution < 1.29 is 0 Å². The van der Waals surface area contributed by atoms with Crippen LogP contribution in [-0.4, -0.2) is 18.8 Å². The molecule has 48 valence electrons. The molecule has 0 aliphatic rings. The van der Waals surface area contributed by atoms with Gasteiger partial charge in [-0.25, -0.2) is 0 Å². The van der Waals surface area contributed by atoms with Gasteiger partial charge in [0.05, 0.1) is 0 Å². The predicted octanol–water partition coefficient (Wildman–Crippen LogP) is 0.813. The van der Waals surface area contributed by atoms with E-state index in [2.05, 4.69) is 11.7 Å². The molecule has 2 heteroatoms. The highest BCUT2D eigenvalue weighted by atomic mass is 14.7. The van der Waals surface area contributed by atoms with E-state index in [1.165, 1.54) is 0 Å². The van der Waals surface area contributed by atoms with Gasteiger partial charge in [-0.15, -0.1) is 0 Å². The van der Waals surface area contributed by atoms with E-state index in [1.54, 1.807) is 0 Å². The lowest BCUT2D eigenvalue weighted by Gasteiger charge is -2.06. The van der Waals surface area contributed by atoms with Crippen LogP contribution in [-0.2, 0) is 0 Å². The van der Waals surface area contributed by atoms with Gasteiger partial charge < -0.3 is 5.73 Å². The molecule has 0 aromatic heterocycles. The van der Waals surface area contributed by atoms with Crippen molar-refractivity contribution in [2.24, 2.45) is 10.7 Å². The Labute approximate surface area is 50.8 Å². The zero-order valence-electron chi connectivity index (χ0n) is 5.59. The number of hydrogen-bond acceptors (Lipinski definition) is 2. The fraction of sp³-hybridized carbons (Fsp3) is 0.833. The highest BCUT2D eigenvalue weighted by molar-refractivity contribution is 5.23. The first-order valence-electron chi connectivity index (χ1n) is 2.88. The zero-order valence-corrected chi connectivity index (χ0v) is 5.59. The van der Waals surface area contributed by atoms with Gasteiger partial charge in [0.15, 0.2) is 0 Å². The molecule has 2 nitrogen and oxygen atoms in total. The molecule has 0 radical (unpaired) electrons. The van der Waals surface area contributed by atoms with Crippen molar-refractivity contribution in [3.05, 3.63) is 0 Å². The first kappa shape index (κ1) is 7.63. The van der Waals surface area contributed by atoms with Gasteiger partial charge in [0.25, 0.3) is 0 Å². The predicted molar refractivity (Wildman–Crippen MR) is 37.3 cm³/mol. The van der Waals surface area contributed by atoms with Crippen molar-refractivity contribution in [1.29, 1.82) is 0 Å². The number of hydrogen-bond donors (Lipinski definition) is 1. The Morgan fingerprint density at radius 3 is 2.25 bits per heavy atom. The molecule has 0 spiro atoms. The van der Waals surface area contributed by atoms with Gasteiger partial charge in [-0.3, -0.25) is 4.99 Å². The van der Waals surface area contributed by atoms with Crippen molar-refractivity contribution >= 4 is 6.72 Å². The Balaban J connectivity index is 3.23. The number of aliphatic imine (C=N–C) groups is 1. The van der Waals surface area contributed by atoms with Gasteiger partial charge in [0.2, 0.25) is 0 Å². The van der Waals surface area contributed by atoms with Crippen LogP contribution in [0.1, 0.15) is 20.3 Å². The molecular weight excluding hydrogens is 100 g/mol. The minimum Gasteiger partial charge on any atom is -0.328 e. The molecule has 0 fully saturated rings. The second kappa shape index (κ2) is 3.61. The molecule has 0 aromatic carbocycles. The molecule has 2 atom stereocenters. The summed E-state index contributed by atoms with van der Waals surface area (Å²) in [5.74, 6) is 0. The summed E-state index contributed by atoms with van der Waals surface area (Å²) < 4.78 is 0.